The molecule has 4 N–H and O–H groups in total. The number of rotatable bonds is 4. The second-order valence-corrected chi connectivity index (χ2v) is 4.77. The number of halogens is 1. The minimum absolute atomic E-state index is 0. The van der Waals surface area contributed by atoms with Gasteiger partial charge in [-0.3, -0.25) is 9.59 Å². The van der Waals surface area contributed by atoms with Crippen LogP contribution in [0.2, 0.25) is 0 Å². The number of aryl methyl sites for hydroxylation is 1. The maximum atomic E-state index is 12.0. The molecule has 2 atom stereocenters. The summed E-state index contributed by atoms with van der Waals surface area (Å²) in [6.07, 6.45) is 0. The molecular formula is C14H22ClN3O2. The topological polar surface area (TPSA) is 84.2 Å². The van der Waals surface area contributed by atoms with Gasteiger partial charge in [0, 0.05) is 13.1 Å². The number of hydrogen-bond acceptors (Lipinski definition) is 3. The van der Waals surface area contributed by atoms with Crippen LogP contribution in [0, 0.1) is 12.8 Å². The third kappa shape index (κ3) is 4.51. The predicted molar refractivity (Wildman–Crippen MR) is 83.3 cm³/mol. The van der Waals surface area contributed by atoms with Gasteiger partial charge in [0.2, 0.25) is 5.91 Å². The van der Waals surface area contributed by atoms with E-state index >= 15 is 0 Å². The van der Waals surface area contributed by atoms with Crippen molar-refractivity contribution in [3.05, 3.63) is 29.3 Å². The van der Waals surface area contributed by atoms with Crippen LogP contribution in [0.25, 0.3) is 0 Å². The number of nitrogens with two attached hydrogens (primary N) is 1. The fraction of sp³-hybridized carbons (Fsp3) is 0.429. The van der Waals surface area contributed by atoms with E-state index in [1.54, 1.807) is 33.0 Å². The molecule has 5 nitrogen and oxygen atoms in total. The zero-order valence-corrected chi connectivity index (χ0v) is 13.0. The molecule has 0 aliphatic rings. The van der Waals surface area contributed by atoms with Gasteiger partial charge in [0.1, 0.15) is 0 Å². The van der Waals surface area contributed by atoms with Crippen molar-refractivity contribution in [2.75, 3.05) is 12.4 Å². The van der Waals surface area contributed by atoms with Crippen LogP contribution in [0.4, 0.5) is 5.69 Å². The van der Waals surface area contributed by atoms with Crippen LogP contribution < -0.4 is 16.4 Å². The molecule has 112 valence electrons. The highest BCUT2D eigenvalue weighted by Crippen LogP contribution is 2.18. The van der Waals surface area contributed by atoms with E-state index in [0.717, 1.165) is 5.56 Å². The van der Waals surface area contributed by atoms with Gasteiger partial charge in [-0.25, -0.2) is 0 Å². The highest BCUT2D eigenvalue weighted by Gasteiger charge is 2.19. The van der Waals surface area contributed by atoms with Crippen molar-refractivity contribution in [3.63, 3.8) is 0 Å². The largest absolute Gasteiger partial charge is 0.355 e. The number of hydrogen-bond donors (Lipinski definition) is 3. The smallest absolute Gasteiger partial charge is 0.253 e. The van der Waals surface area contributed by atoms with Gasteiger partial charge in [-0.2, -0.15) is 0 Å². The first-order valence-corrected chi connectivity index (χ1v) is 6.26. The van der Waals surface area contributed by atoms with Crippen LogP contribution >= 0.6 is 12.4 Å². The minimum Gasteiger partial charge on any atom is -0.355 e. The lowest BCUT2D eigenvalue weighted by molar-refractivity contribution is -0.119. The maximum Gasteiger partial charge on any atom is 0.253 e. The molecule has 6 heteroatoms. The molecule has 0 saturated heterocycles. The summed E-state index contributed by atoms with van der Waals surface area (Å²) in [5, 5.41) is 5.31. The van der Waals surface area contributed by atoms with E-state index in [2.05, 4.69) is 10.6 Å². The fourth-order valence-electron chi connectivity index (χ4n) is 1.57. The number of carbonyl (C=O) groups excluding carboxylic acids is 2. The molecule has 1 rings (SSSR count). The van der Waals surface area contributed by atoms with E-state index in [-0.39, 0.29) is 36.2 Å². The molecular weight excluding hydrogens is 278 g/mol. The van der Waals surface area contributed by atoms with Gasteiger partial charge in [-0.05, 0) is 26.0 Å². The third-order valence-corrected chi connectivity index (χ3v) is 3.11. The normalized spacial score (nSPS) is 12.8. The van der Waals surface area contributed by atoms with Crippen molar-refractivity contribution in [2.45, 2.75) is 26.8 Å². The Bertz CT molecular complexity index is 489. The monoisotopic (exact) mass is 299 g/mol. The molecule has 2 amide bonds. The molecule has 0 spiro atoms. The van der Waals surface area contributed by atoms with Crippen molar-refractivity contribution in [1.82, 2.24) is 5.32 Å². The zero-order valence-electron chi connectivity index (χ0n) is 12.2. The van der Waals surface area contributed by atoms with E-state index in [4.69, 9.17) is 5.73 Å². The first kappa shape index (κ1) is 18.4. The second-order valence-electron chi connectivity index (χ2n) is 4.77. The molecule has 0 fully saturated rings. The van der Waals surface area contributed by atoms with Crippen LogP contribution in [0.15, 0.2) is 18.2 Å². The van der Waals surface area contributed by atoms with E-state index in [9.17, 15) is 9.59 Å². The quantitative estimate of drug-likeness (QED) is 0.791. The Hall–Kier alpha value is -1.59. The molecule has 1 aromatic rings. The first-order valence-electron chi connectivity index (χ1n) is 6.26. The molecule has 20 heavy (non-hydrogen) atoms. The Kier molecular flexibility index (Phi) is 7.24. The number of anilines is 1. The van der Waals surface area contributed by atoms with Crippen molar-refractivity contribution in [1.29, 1.82) is 0 Å². The fourth-order valence-corrected chi connectivity index (χ4v) is 1.57. The standard InChI is InChI=1S/C14H21N3O2.ClH/c1-8-5-6-12(11(7-8)14(19)16-4)17-13(18)9(2)10(3)15;/h5-7,9-10H,15H2,1-4H3,(H,16,19)(H,17,18);1H. The Labute approximate surface area is 125 Å². The van der Waals surface area contributed by atoms with Gasteiger partial charge in [0.05, 0.1) is 17.2 Å². The van der Waals surface area contributed by atoms with Crippen molar-refractivity contribution >= 4 is 29.9 Å². The van der Waals surface area contributed by atoms with Crippen molar-refractivity contribution < 1.29 is 9.59 Å². The highest BCUT2D eigenvalue weighted by molar-refractivity contribution is 6.04. The Morgan fingerprint density at radius 2 is 1.85 bits per heavy atom. The summed E-state index contributed by atoms with van der Waals surface area (Å²) in [7, 11) is 1.56. The molecule has 0 aromatic heterocycles. The maximum absolute atomic E-state index is 12.0. The first-order chi connectivity index (χ1) is 8.86. The van der Waals surface area contributed by atoms with Crippen molar-refractivity contribution in [2.24, 2.45) is 11.7 Å². The molecule has 0 bridgehead atoms. The van der Waals surface area contributed by atoms with Crippen LogP contribution in [0.1, 0.15) is 29.8 Å². The molecule has 2 unspecified atom stereocenters. The van der Waals surface area contributed by atoms with Gasteiger partial charge in [0.25, 0.3) is 5.91 Å². The number of carbonyl (C=O) groups is 2. The summed E-state index contributed by atoms with van der Waals surface area (Å²) in [5.41, 5.74) is 7.61. The zero-order chi connectivity index (χ0) is 14.6. The Balaban J connectivity index is 0.00000361. The molecule has 0 aliphatic heterocycles. The number of benzene rings is 1. The summed E-state index contributed by atoms with van der Waals surface area (Å²) in [5.74, 6) is -0.740. The second kappa shape index (κ2) is 7.87. The summed E-state index contributed by atoms with van der Waals surface area (Å²) in [6, 6.07) is 5.07. The van der Waals surface area contributed by atoms with E-state index in [1.165, 1.54) is 0 Å². The lowest BCUT2D eigenvalue weighted by atomic mass is 10.0. The molecule has 0 saturated carbocycles. The van der Waals surface area contributed by atoms with Crippen molar-refractivity contribution in [3.8, 4) is 0 Å². The number of amides is 2. The van der Waals surface area contributed by atoms with Crippen LogP contribution in [-0.4, -0.2) is 24.9 Å². The minimum atomic E-state index is -0.321. The van der Waals surface area contributed by atoms with E-state index in [1.807, 2.05) is 13.0 Å². The molecule has 0 radical (unpaired) electrons. The molecule has 0 aliphatic carbocycles. The average molecular weight is 300 g/mol. The summed E-state index contributed by atoms with van der Waals surface area (Å²) in [6.45, 7) is 5.43. The van der Waals surface area contributed by atoms with E-state index < -0.39 is 0 Å². The van der Waals surface area contributed by atoms with Crippen LogP contribution in [0.5, 0.6) is 0 Å². The summed E-state index contributed by atoms with van der Waals surface area (Å²) < 4.78 is 0. The van der Waals surface area contributed by atoms with Gasteiger partial charge >= 0.3 is 0 Å². The molecule has 1 aromatic carbocycles. The van der Waals surface area contributed by atoms with Gasteiger partial charge < -0.3 is 16.4 Å². The SMILES string of the molecule is CNC(=O)c1cc(C)ccc1NC(=O)C(C)C(C)N.Cl. The van der Waals surface area contributed by atoms with Crippen LogP contribution in [0.3, 0.4) is 0 Å². The number of nitrogens with one attached hydrogen (secondary N) is 2. The van der Waals surface area contributed by atoms with E-state index in [0.29, 0.717) is 11.3 Å². The third-order valence-electron chi connectivity index (χ3n) is 3.11. The highest BCUT2D eigenvalue weighted by atomic mass is 35.5. The Morgan fingerprint density at radius 1 is 1.25 bits per heavy atom. The average Bonchev–Trinajstić information content (AvgIpc) is 2.38. The van der Waals surface area contributed by atoms with Gasteiger partial charge in [-0.1, -0.05) is 18.6 Å². The predicted octanol–water partition coefficient (Wildman–Crippen LogP) is 1.70. The lowest BCUT2D eigenvalue weighted by Crippen LogP contribution is -2.35. The summed E-state index contributed by atoms with van der Waals surface area (Å²) in [4.78, 5) is 23.8. The van der Waals surface area contributed by atoms with Crippen LogP contribution in [-0.2, 0) is 4.79 Å². The van der Waals surface area contributed by atoms with Gasteiger partial charge in [-0.15, -0.1) is 12.4 Å². The molecule has 0 heterocycles. The van der Waals surface area contributed by atoms with Gasteiger partial charge in [0.15, 0.2) is 0 Å². The Morgan fingerprint density at radius 3 is 2.35 bits per heavy atom. The lowest BCUT2D eigenvalue weighted by Gasteiger charge is -2.17. The summed E-state index contributed by atoms with van der Waals surface area (Å²) >= 11 is 0.